The Kier molecular flexibility index (Phi) is 7.44. The SMILES string of the molecule is COCCN(CC(=O)N1N=C(c2ccc(F)cc2)C[C@@H]1c1ccc2c(c1)OCO2)C(=O)NC(C)(C)C. The first-order valence-corrected chi connectivity index (χ1v) is 11.8. The van der Waals surface area contributed by atoms with Crippen LogP contribution in [0.25, 0.3) is 0 Å². The molecule has 36 heavy (non-hydrogen) atoms. The van der Waals surface area contributed by atoms with E-state index in [-0.39, 0.29) is 44.2 Å². The van der Waals surface area contributed by atoms with E-state index in [1.807, 2.05) is 32.9 Å². The molecule has 9 nitrogen and oxygen atoms in total. The molecule has 192 valence electrons. The smallest absolute Gasteiger partial charge is 0.318 e. The second-order valence-electron chi connectivity index (χ2n) is 9.72. The van der Waals surface area contributed by atoms with Crippen molar-refractivity contribution in [2.75, 3.05) is 33.6 Å². The Morgan fingerprint density at radius 3 is 2.58 bits per heavy atom. The van der Waals surface area contributed by atoms with Crippen molar-refractivity contribution in [1.82, 2.24) is 15.2 Å². The highest BCUT2D eigenvalue weighted by atomic mass is 19.1. The van der Waals surface area contributed by atoms with Crippen LogP contribution in [0.1, 0.15) is 44.4 Å². The lowest BCUT2D eigenvalue weighted by Gasteiger charge is -2.30. The molecule has 0 radical (unpaired) electrons. The highest BCUT2D eigenvalue weighted by molar-refractivity contribution is 6.03. The first-order chi connectivity index (χ1) is 17.1. The maximum atomic E-state index is 13.6. The van der Waals surface area contributed by atoms with Crippen LogP contribution in [0.5, 0.6) is 11.5 Å². The molecule has 4 rings (SSSR count). The Labute approximate surface area is 209 Å². The van der Waals surface area contributed by atoms with Crippen molar-refractivity contribution >= 4 is 17.6 Å². The van der Waals surface area contributed by atoms with Gasteiger partial charge in [0.15, 0.2) is 11.5 Å². The summed E-state index contributed by atoms with van der Waals surface area (Å²) in [7, 11) is 1.54. The van der Waals surface area contributed by atoms with Crippen molar-refractivity contribution in [3.05, 3.63) is 59.4 Å². The highest BCUT2D eigenvalue weighted by Crippen LogP contribution is 2.39. The molecular weight excluding hydrogens is 467 g/mol. The Balaban J connectivity index is 1.61. The van der Waals surface area contributed by atoms with Gasteiger partial charge in [0, 0.05) is 25.6 Å². The van der Waals surface area contributed by atoms with Gasteiger partial charge in [0.2, 0.25) is 6.79 Å². The summed E-state index contributed by atoms with van der Waals surface area (Å²) in [6, 6.07) is 10.7. The van der Waals surface area contributed by atoms with Gasteiger partial charge >= 0.3 is 6.03 Å². The summed E-state index contributed by atoms with van der Waals surface area (Å²) >= 11 is 0. The molecule has 0 aromatic heterocycles. The zero-order valence-electron chi connectivity index (χ0n) is 20.9. The Hall–Kier alpha value is -3.66. The number of urea groups is 1. The van der Waals surface area contributed by atoms with Gasteiger partial charge in [-0.15, -0.1) is 0 Å². The number of benzene rings is 2. The summed E-state index contributed by atoms with van der Waals surface area (Å²) in [5.41, 5.74) is 1.71. The second-order valence-corrected chi connectivity index (χ2v) is 9.72. The molecule has 0 unspecified atom stereocenters. The zero-order valence-corrected chi connectivity index (χ0v) is 20.9. The van der Waals surface area contributed by atoms with E-state index in [4.69, 9.17) is 14.2 Å². The van der Waals surface area contributed by atoms with Crippen LogP contribution in [0.3, 0.4) is 0 Å². The molecule has 10 heteroatoms. The lowest BCUT2D eigenvalue weighted by atomic mass is 9.98. The summed E-state index contributed by atoms with van der Waals surface area (Å²) < 4.78 is 29.6. The standard InChI is InChI=1S/C26H31FN4O5/c1-26(2,3)28-25(33)30(11-12-34-4)15-24(32)31-21(18-7-10-22-23(13-18)36-16-35-22)14-20(29-31)17-5-8-19(27)9-6-17/h5-10,13,21H,11-12,14-16H2,1-4H3,(H,28,33)/t21-/m1/s1. The molecule has 0 saturated heterocycles. The topological polar surface area (TPSA) is 92.7 Å². The number of carbonyl (C=O) groups excluding carboxylic acids is 2. The summed E-state index contributed by atoms with van der Waals surface area (Å²) in [4.78, 5) is 27.9. The number of hydrogen-bond acceptors (Lipinski definition) is 6. The Morgan fingerprint density at radius 2 is 1.89 bits per heavy atom. The predicted molar refractivity (Wildman–Crippen MR) is 131 cm³/mol. The minimum absolute atomic E-state index is 0.140. The number of nitrogens with one attached hydrogen (secondary N) is 1. The minimum Gasteiger partial charge on any atom is -0.454 e. The van der Waals surface area contributed by atoms with Gasteiger partial charge in [-0.25, -0.2) is 14.2 Å². The van der Waals surface area contributed by atoms with Gasteiger partial charge in [-0.05, 0) is 56.2 Å². The average Bonchev–Trinajstić information content (AvgIpc) is 3.48. The molecule has 0 saturated carbocycles. The van der Waals surface area contributed by atoms with Crippen LogP contribution >= 0.6 is 0 Å². The van der Waals surface area contributed by atoms with Crippen molar-refractivity contribution in [1.29, 1.82) is 0 Å². The van der Waals surface area contributed by atoms with Gasteiger partial charge in [-0.1, -0.05) is 18.2 Å². The number of hydrazone groups is 1. The van der Waals surface area contributed by atoms with Gasteiger partial charge in [-0.2, -0.15) is 5.10 Å². The monoisotopic (exact) mass is 498 g/mol. The molecule has 2 heterocycles. The fourth-order valence-corrected chi connectivity index (χ4v) is 4.03. The lowest BCUT2D eigenvalue weighted by Crippen LogP contribution is -2.52. The quantitative estimate of drug-likeness (QED) is 0.629. The van der Waals surface area contributed by atoms with Gasteiger partial charge in [0.1, 0.15) is 12.4 Å². The molecule has 0 bridgehead atoms. The number of fused-ring (bicyclic) bond motifs is 1. The van der Waals surface area contributed by atoms with E-state index in [0.717, 1.165) is 11.1 Å². The van der Waals surface area contributed by atoms with Crippen molar-refractivity contribution in [3.63, 3.8) is 0 Å². The van der Waals surface area contributed by atoms with Crippen LogP contribution in [0, 0.1) is 5.82 Å². The van der Waals surface area contributed by atoms with Gasteiger partial charge in [-0.3, -0.25) is 4.79 Å². The van der Waals surface area contributed by atoms with E-state index >= 15 is 0 Å². The molecule has 2 aliphatic heterocycles. The van der Waals surface area contributed by atoms with Crippen LogP contribution in [0.15, 0.2) is 47.6 Å². The zero-order chi connectivity index (χ0) is 25.9. The Bertz CT molecular complexity index is 1150. The van der Waals surface area contributed by atoms with E-state index in [0.29, 0.717) is 23.6 Å². The molecular formula is C26H31FN4O5. The number of amides is 3. The fourth-order valence-electron chi connectivity index (χ4n) is 4.03. The first-order valence-electron chi connectivity index (χ1n) is 11.8. The number of ether oxygens (including phenoxy) is 3. The van der Waals surface area contributed by atoms with Gasteiger partial charge < -0.3 is 24.4 Å². The maximum absolute atomic E-state index is 13.6. The van der Waals surface area contributed by atoms with E-state index < -0.39 is 11.6 Å². The highest BCUT2D eigenvalue weighted by Gasteiger charge is 2.35. The van der Waals surface area contributed by atoms with Gasteiger partial charge in [0.25, 0.3) is 5.91 Å². The van der Waals surface area contributed by atoms with E-state index in [9.17, 15) is 14.0 Å². The average molecular weight is 499 g/mol. The number of hydrogen-bond donors (Lipinski definition) is 1. The molecule has 0 fully saturated rings. The summed E-state index contributed by atoms with van der Waals surface area (Å²) in [5.74, 6) is 0.534. The van der Waals surface area contributed by atoms with Crippen LogP contribution in [-0.4, -0.2) is 66.7 Å². The van der Waals surface area contributed by atoms with Crippen molar-refractivity contribution in [2.45, 2.75) is 38.8 Å². The molecule has 2 aromatic rings. The first kappa shape index (κ1) is 25.4. The third-order valence-electron chi connectivity index (χ3n) is 5.79. The summed E-state index contributed by atoms with van der Waals surface area (Å²) in [6.45, 7) is 6.08. The van der Waals surface area contributed by atoms with Crippen molar-refractivity contribution in [3.8, 4) is 11.5 Å². The van der Waals surface area contributed by atoms with E-state index in [1.165, 1.54) is 29.2 Å². The largest absolute Gasteiger partial charge is 0.454 e. The van der Waals surface area contributed by atoms with Crippen LogP contribution in [0.2, 0.25) is 0 Å². The van der Waals surface area contributed by atoms with Crippen LogP contribution < -0.4 is 14.8 Å². The lowest BCUT2D eigenvalue weighted by molar-refractivity contribution is -0.133. The number of carbonyl (C=O) groups is 2. The predicted octanol–water partition coefficient (Wildman–Crippen LogP) is 3.69. The molecule has 1 atom stereocenters. The molecule has 2 aliphatic rings. The van der Waals surface area contributed by atoms with Crippen LogP contribution in [-0.2, 0) is 9.53 Å². The second kappa shape index (κ2) is 10.5. The fraction of sp³-hybridized carbons (Fsp3) is 0.423. The third-order valence-corrected chi connectivity index (χ3v) is 5.79. The molecule has 0 aliphatic carbocycles. The Morgan fingerprint density at radius 1 is 1.17 bits per heavy atom. The summed E-state index contributed by atoms with van der Waals surface area (Å²) in [6.07, 6.45) is 0.420. The number of methoxy groups -OCH3 is 1. The third kappa shape index (κ3) is 5.93. The van der Waals surface area contributed by atoms with Crippen molar-refractivity contribution in [2.24, 2.45) is 5.10 Å². The van der Waals surface area contributed by atoms with E-state index in [1.54, 1.807) is 18.2 Å². The molecule has 0 spiro atoms. The van der Waals surface area contributed by atoms with Crippen LogP contribution in [0.4, 0.5) is 9.18 Å². The molecule has 3 amide bonds. The number of rotatable bonds is 7. The normalized spacial score (nSPS) is 16.6. The van der Waals surface area contributed by atoms with Gasteiger partial charge in [0.05, 0.1) is 18.4 Å². The van der Waals surface area contributed by atoms with E-state index in [2.05, 4.69) is 10.4 Å². The maximum Gasteiger partial charge on any atom is 0.318 e. The summed E-state index contributed by atoms with van der Waals surface area (Å²) in [5, 5.41) is 8.92. The number of nitrogens with zero attached hydrogens (tertiary/aromatic N) is 3. The minimum atomic E-state index is -0.470. The molecule has 1 N–H and O–H groups in total. The molecule has 2 aromatic carbocycles. The van der Waals surface area contributed by atoms with Crippen molar-refractivity contribution < 1.29 is 28.2 Å². The number of halogens is 1.